The van der Waals surface area contributed by atoms with Crippen molar-refractivity contribution in [3.05, 3.63) is 60.6 Å². The predicted octanol–water partition coefficient (Wildman–Crippen LogP) is 4.06. The van der Waals surface area contributed by atoms with Crippen molar-refractivity contribution in [3.8, 4) is 0 Å². The molecule has 1 aromatic carbocycles. The van der Waals surface area contributed by atoms with E-state index in [0.29, 0.717) is 0 Å². The second-order valence-electron chi connectivity index (χ2n) is 4.99. The number of rotatable bonds is 5. The Balaban J connectivity index is 1.76. The standard InChI is InChI=1S/C17H19N3/c1-2-10-20-11-8-14(13-20)12-19-17-7-3-6-16-15(17)5-4-9-18-16/h3-9,11,13,19H,2,10,12H2,1H3. The van der Waals surface area contributed by atoms with Gasteiger partial charge in [-0.05, 0) is 42.3 Å². The molecule has 0 saturated heterocycles. The Kier molecular flexibility index (Phi) is 3.68. The van der Waals surface area contributed by atoms with E-state index in [4.69, 9.17) is 0 Å². The number of aromatic nitrogens is 2. The van der Waals surface area contributed by atoms with E-state index in [1.54, 1.807) is 0 Å². The van der Waals surface area contributed by atoms with Crippen LogP contribution in [0.15, 0.2) is 55.0 Å². The van der Waals surface area contributed by atoms with Crippen LogP contribution in [-0.2, 0) is 13.1 Å². The van der Waals surface area contributed by atoms with E-state index >= 15 is 0 Å². The van der Waals surface area contributed by atoms with Crippen LogP contribution in [0.2, 0.25) is 0 Å². The number of fused-ring (bicyclic) bond motifs is 1. The van der Waals surface area contributed by atoms with Gasteiger partial charge in [-0.25, -0.2) is 0 Å². The fourth-order valence-electron chi connectivity index (χ4n) is 2.45. The number of aryl methyl sites for hydroxylation is 1. The van der Waals surface area contributed by atoms with Gasteiger partial charge in [-0.3, -0.25) is 4.98 Å². The van der Waals surface area contributed by atoms with Crippen molar-refractivity contribution in [2.24, 2.45) is 0 Å². The van der Waals surface area contributed by atoms with Crippen molar-refractivity contribution in [2.45, 2.75) is 26.4 Å². The summed E-state index contributed by atoms with van der Waals surface area (Å²) in [4.78, 5) is 4.38. The highest BCUT2D eigenvalue weighted by atomic mass is 14.9. The number of nitrogens with one attached hydrogen (secondary N) is 1. The highest BCUT2D eigenvalue weighted by Crippen LogP contribution is 2.21. The SMILES string of the molecule is CCCn1ccc(CNc2cccc3ncccc23)c1. The lowest BCUT2D eigenvalue weighted by Gasteiger charge is -2.08. The smallest absolute Gasteiger partial charge is 0.0722 e. The number of hydrogen-bond acceptors (Lipinski definition) is 2. The summed E-state index contributed by atoms with van der Waals surface area (Å²) < 4.78 is 2.24. The van der Waals surface area contributed by atoms with Gasteiger partial charge < -0.3 is 9.88 Å². The summed E-state index contributed by atoms with van der Waals surface area (Å²) in [5.41, 5.74) is 3.47. The Hall–Kier alpha value is -2.29. The average molecular weight is 265 g/mol. The second kappa shape index (κ2) is 5.78. The van der Waals surface area contributed by atoms with Gasteiger partial charge in [0.15, 0.2) is 0 Å². The predicted molar refractivity (Wildman–Crippen MR) is 83.8 cm³/mol. The van der Waals surface area contributed by atoms with E-state index in [-0.39, 0.29) is 0 Å². The lowest BCUT2D eigenvalue weighted by Crippen LogP contribution is -1.99. The van der Waals surface area contributed by atoms with E-state index in [1.807, 2.05) is 24.4 Å². The second-order valence-corrected chi connectivity index (χ2v) is 4.99. The summed E-state index contributed by atoms with van der Waals surface area (Å²) in [6.45, 7) is 4.12. The Bertz CT molecular complexity index is 695. The van der Waals surface area contributed by atoms with Gasteiger partial charge in [0, 0.05) is 42.8 Å². The highest BCUT2D eigenvalue weighted by molar-refractivity contribution is 5.91. The summed E-state index contributed by atoms with van der Waals surface area (Å²) in [5.74, 6) is 0. The van der Waals surface area contributed by atoms with Crippen LogP contribution in [0.1, 0.15) is 18.9 Å². The van der Waals surface area contributed by atoms with Gasteiger partial charge in [0.1, 0.15) is 0 Å². The highest BCUT2D eigenvalue weighted by Gasteiger charge is 2.01. The minimum absolute atomic E-state index is 0.838. The first-order valence-electron chi connectivity index (χ1n) is 7.09. The largest absolute Gasteiger partial charge is 0.380 e. The Morgan fingerprint density at radius 1 is 1.15 bits per heavy atom. The number of pyridine rings is 1. The van der Waals surface area contributed by atoms with Crippen LogP contribution in [0.4, 0.5) is 5.69 Å². The van der Waals surface area contributed by atoms with Crippen LogP contribution < -0.4 is 5.32 Å². The topological polar surface area (TPSA) is 29.9 Å². The molecule has 0 radical (unpaired) electrons. The van der Waals surface area contributed by atoms with Crippen LogP contribution in [0, 0.1) is 0 Å². The molecule has 0 aliphatic rings. The zero-order chi connectivity index (χ0) is 13.8. The Morgan fingerprint density at radius 2 is 2.10 bits per heavy atom. The van der Waals surface area contributed by atoms with Crippen LogP contribution in [0.3, 0.4) is 0 Å². The quantitative estimate of drug-likeness (QED) is 0.754. The summed E-state index contributed by atoms with van der Waals surface area (Å²) in [6, 6.07) is 12.4. The molecule has 3 aromatic rings. The van der Waals surface area contributed by atoms with E-state index in [2.05, 4.69) is 52.4 Å². The molecule has 3 rings (SSSR count). The summed E-state index contributed by atoms with van der Waals surface area (Å²) in [6.07, 6.45) is 7.35. The number of nitrogens with zero attached hydrogens (tertiary/aromatic N) is 2. The normalized spacial score (nSPS) is 10.8. The van der Waals surface area contributed by atoms with Crippen molar-refractivity contribution in [1.82, 2.24) is 9.55 Å². The van der Waals surface area contributed by atoms with Crippen molar-refractivity contribution in [3.63, 3.8) is 0 Å². The first-order chi connectivity index (χ1) is 9.86. The summed E-state index contributed by atoms with van der Waals surface area (Å²) >= 11 is 0. The molecule has 0 saturated carbocycles. The van der Waals surface area contributed by atoms with Crippen molar-refractivity contribution >= 4 is 16.6 Å². The van der Waals surface area contributed by atoms with Gasteiger partial charge in [0.2, 0.25) is 0 Å². The maximum Gasteiger partial charge on any atom is 0.0722 e. The fourth-order valence-corrected chi connectivity index (χ4v) is 2.45. The van der Waals surface area contributed by atoms with Gasteiger partial charge in [0.05, 0.1) is 5.52 Å². The molecule has 3 nitrogen and oxygen atoms in total. The molecule has 0 bridgehead atoms. The third-order valence-electron chi connectivity index (χ3n) is 3.42. The average Bonchev–Trinajstić information content (AvgIpc) is 2.93. The molecular formula is C17H19N3. The molecule has 0 atom stereocenters. The molecule has 2 aromatic heterocycles. The van der Waals surface area contributed by atoms with E-state index in [0.717, 1.165) is 30.7 Å². The van der Waals surface area contributed by atoms with Gasteiger partial charge in [0.25, 0.3) is 0 Å². The molecule has 102 valence electrons. The van der Waals surface area contributed by atoms with E-state index in [9.17, 15) is 0 Å². The molecule has 0 unspecified atom stereocenters. The molecular weight excluding hydrogens is 246 g/mol. The molecule has 0 spiro atoms. The minimum atomic E-state index is 0.838. The summed E-state index contributed by atoms with van der Waals surface area (Å²) in [7, 11) is 0. The van der Waals surface area contributed by atoms with Gasteiger partial charge >= 0.3 is 0 Å². The molecule has 0 aliphatic carbocycles. The Labute approximate surface area is 119 Å². The lowest BCUT2D eigenvalue weighted by atomic mass is 10.2. The number of benzene rings is 1. The first kappa shape index (κ1) is 12.7. The molecule has 0 aliphatic heterocycles. The minimum Gasteiger partial charge on any atom is -0.380 e. The van der Waals surface area contributed by atoms with Gasteiger partial charge in [-0.2, -0.15) is 0 Å². The van der Waals surface area contributed by atoms with Crippen LogP contribution in [0.25, 0.3) is 10.9 Å². The lowest BCUT2D eigenvalue weighted by molar-refractivity contribution is 0.682. The van der Waals surface area contributed by atoms with Gasteiger partial charge in [-0.15, -0.1) is 0 Å². The molecule has 20 heavy (non-hydrogen) atoms. The molecule has 1 N–H and O–H groups in total. The van der Waals surface area contributed by atoms with Crippen molar-refractivity contribution in [1.29, 1.82) is 0 Å². The number of hydrogen-bond donors (Lipinski definition) is 1. The van der Waals surface area contributed by atoms with Crippen LogP contribution in [0.5, 0.6) is 0 Å². The van der Waals surface area contributed by atoms with Crippen LogP contribution in [-0.4, -0.2) is 9.55 Å². The van der Waals surface area contributed by atoms with E-state index < -0.39 is 0 Å². The molecule has 3 heteroatoms. The number of anilines is 1. The third-order valence-corrected chi connectivity index (χ3v) is 3.42. The zero-order valence-corrected chi connectivity index (χ0v) is 11.7. The van der Waals surface area contributed by atoms with Crippen molar-refractivity contribution in [2.75, 3.05) is 5.32 Å². The molecule has 2 heterocycles. The van der Waals surface area contributed by atoms with Crippen LogP contribution >= 0.6 is 0 Å². The van der Waals surface area contributed by atoms with Crippen molar-refractivity contribution < 1.29 is 0 Å². The molecule has 0 amide bonds. The first-order valence-corrected chi connectivity index (χ1v) is 7.09. The zero-order valence-electron chi connectivity index (χ0n) is 11.7. The maximum absolute atomic E-state index is 4.38. The third kappa shape index (κ3) is 2.67. The molecule has 0 fully saturated rings. The fraction of sp³-hybridized carbons (Fsp3) is 0.235. The maximum atomic E-state index is 4.38. The van der Waals surface area contributed by atoms with E-state index in [1.165, 1.54) is 10.9 Å². The Morgan fingerprint density at radius 3 is 3.00 bits per heavy atom. The summed E-state index contributed by atoms with van der Waals surface area (Å²) in [5, 5.41) is 4.68. The monoisotopic (exact) mass is 265 g/mol. The van der Waals surface area contributed by atoms with Gasteiger partial charge in [-0.1, -0.05) is 13.0 Å².